The number of hydrogen-bond donors (Lipinski definition) is 0. The Morgan fingerprint density at radius 1 is 0.656 bits per heavy atom. The maximum atomic E-state index is 2.66. The summed E-state index contributed by atoms with van der Waals surface area (Å²) in [5.41, 5.74) is 9.43. The molecule has 0 saturated carbocycles. The molecule has 6 rings (SSSR count). The van der Waals surface area contributed by atoms with Crippen molar-refractivity contribution in [1.82, 2.24) is 0 Å². The minimum atomic E-state index is 0.0221. The molecule has 2 aliphatic carbocycles. The van der Waals surface area contributed by atoms with E-state index in [4.69, 9.17) is 0 Å². The van der Waals surface area contributed by atoms with Crippen LogP contribution in [0.25, 0.3) is 27.5 Å². The van der Waals surface area contributed by atoms with E-state index in [0.717, 1.165) is 0 Å². The molecule has 0 saturated heterocycles. The Kier molecular flexibility index (Phi) is 4.69. The van der Waals surface area contributed by atoms with Gasteiger partial charge in [0.15, 0.2) is 0 Å². The first-order valence-corrected chi connectivity index (χ1v) is 12.2. The number of alkyl halides is 1. The molecule has 0 heterocycles. The van der Waals surface area contributed by atoms with E-state index in [2.05, 4.69) is 145 Å². The lowest BCUT2D eigenvalue weighted by Crippen LogP contribution is -2.31. The lowest BCUT2D eigenvalue weighted by Gasteiger charge is -2.41. The molecule has 0 aromatic heterocycles. The third kappa shape index (κ3) is 2.95. The van der Waals surface area contributed by atoms with Crippen LogP contribution in [-0.4, -0.2) is 0 Å². The highest BCUT2D eigenvalue weighted by atomic mass is 127. The molecular formula is C31H23I. The van der Waals surface area contributed by atoms with Crippen molar-refractivity contribution in [2.24, 2.45) is 5.92 Å². The van der Waals surface area contributed by atoms with Crippen LogP contribution in [0.4, 0.5) is 0 Å². The standard InChI is InChI=1S/C31H23I/c1-31(32)28-17-9-7-15-26(28)30(27-16-8-10-18-29(27)31)25-20-19-22(21-11-3-2-4-12-21)23-13-5-6-14-24(23)25/h2-20,28H,1H3. The van der Waals surface area contributed by atoms with Crippen molar-refractivity contribution in [2.45, 2.75) is 10.3 Å². The van der Waals surface area contributed by atoms with Crippen LogP contribution in [-0.2, 0) is 3.42 Å². The summed E-state index contributed by atoms with van der Waals surface area (Å²) >= 11 is 2.66. The van der Waals surface area contributed by atoms with Crippen molar-refractivity contribution in [3.63, 3.8) is 0 Å². The molecule has 2 aliphatic rings. The van der Waals surface area contributed by atoms with Crippen LogP contribution in [0, 0.1) is 5.92 Å². The van der Waals surface area contributed by atoms with Gasteiger partial charge in [-0.25, -0.2) is 0 Å². The maximum Gasteiger partial charge on any atom is 0.0551 e. The van der Waals surface area contributed by atoms with Crippen LogP contribution in [0.5, 0.6) is 0 Å². The minimum Gasteiger partial charge on any atom is -0.0753 e. The molecule has 0 bridgehead atoms. The predicted molar refractivity (Wildman–Crippen MR) is 145 cm³/mol. The van der Waals surface area contributed by atoms with Crippen molar-refractivity contribution in [2.75, 3.05) is 0 Å². The van der Waals surface area contributed by atoms with Gasteiger partial charge in [0.2, 0.25) is 0 Å². The van der Waals surface area contributed by atoms with Crippen molar-refractivity contribution < 1.29 is 0 Å². The largest absolute Gasteiger partial charge is 0.0753 e. The van der Waals surface area contributed by atoms with Gasteiger partial charge in [0, 0.05) is 5.92 Å². The second kappa shape index (κ2) is 7.60. The van der Waals surface area contributed by atoms with Gasteiger partial charge >= 0.3 is 0 Å². The van der Waals surface area contributed by atoms with Crippen LogP contribution >= 0.6 is 22.6 Å². The molecule has 1 heteroatoms. The summed E-state index contributed by atoms with van der Waals surface area (Å²) in [7, 11) is 0. The molecule has 0 radical (unpaired) electrons. The number of hydrogen-bond acceptors (Lipinski definition) is 0. The average molecular weight is 522 g/mol. The second-order valence-corrected chi connectivity index (χ2v) is 11.0. The minimum absolute atomic E-state index is 0.0221. The van der Waals surface area contributed by atoms with Crippen molar-refractivity contribution >= 4 is 38.9 Å². The molecule has 0 N–H and O–H groups in total. The third-order valence-corrected chi connectivity index (χ3v) is 8.15. The average Bonchev–Trinajstić information content (AvgIpc) is 2.85. The van der Waals surface area contributed by atoms with Gasteiger partial charge in [0.1, 0.15) is 0 Å². The summed E-state index contributed by atoms with van der Waals surface area (Å²) in [5.74, 6) is 0.352. The van der Waals surface area contributed by atoms with Crippen molar-refractivity contribution in [3.05, 3.63) is 138 Å². The Morgan fingerprint density at radius 3 is 2.12 bits per heavy atom. The fourth-order valence-corrected chi connectivity index (χ4v) is 6.40. The Balaban J connectivity index is 1.69. The highest BCUT2D eigenvalue weighted by molar-refractivity contribution is 14.1. The summed E-state index contributed by atoms with van der Waals surface area (Å²) in [5, 5.41) is 2.61. The van der Waals surface area contributed by atoms with Crippen molar-refractivity contribution in [3.8, 4) is 11.1 Å². The van der Waals surface area contributed by atoms with E-state index in [1.54, 1.807) is 0 Å². The quantitative estimate of drug-likeness (QED) is 0.183. The Morgan fingerprint density at radius 2 is 1.31 bits per heavy atom. The normalized spacial score (nSPS) is 21.5. The maximum absolute atomic E-state index is 2.66. The van der Waals surface area contributed by atoms with E-state index in [1.807, 2.05) is 0 Å². The smallest absolute Gasteiger partial charge is 0.0551 e. The first-order chi connectivity index (χ1) is 15.7. The molecule has 0 amide bonds. The van der Waals surface area contributed by atoms with Gasteiger partial charge in [-0.15, -0.1) is 0 Å². The lowest BCUT2D eigenvalue weighted by molar-refractivity contribution is 0.586. The summed E-state index contributed by atoms with van der Waals surface area (Å²) in [4.78, 5) is 0. The molecule has 0 nitrogen and oxygen atoms in total. The molecule has 0 fully saturated rings. The molecule has 2 atom stereocenters. The fourth-order valence-electron chi connectivity index (χ4n) is 5.39. The molecule has 2 unspecified atom stereocenters. The summed E-state index contributed by atoms with van der Waals surface area (Å²) < 4.78 is 0.0221. The first kappa shape index (κ1) is 19.8. The van der Waals surface area contributed by atoms with E-state index >= 15 is 0 Å². The van der Waals surface area contributed by atoms with Crippen LogP contribution in [0.15, 0.2) is 121 Å². The predicted octanol–water partition coefficient (Wildman–Crippen LogP) is 8.71. The topological polar surface area (TPSA) is 0 Å². The second-order valence-electron chi connectivity index (χ2n) is 8.75. The number of allylic oxidation sites excluding steroid dienone is 5. The van der Waals surface area contributed by atoms with Gasteiger partial charge in [-0.2, -0.15) is 0 Å². The van der Waals surface area contributed by atoms with E-state index in [-0.39, 0.29) is 3.42 Å². The van der Waals surface area contributed by atoms with Crippen LogP contribution in [0.1, 0.15) is 23.6 Å². The molecular weight excluding hydrogens is 499 g/mol. The molecule has 154 valence electrons. The van der Waals surface area contributed by atoms with E-state index < -0.39 is 0 Å². The summed E-state index contributed by atoms with van der Waals surface area (Å²) in [6, 6.07) is 33.2. The summed E-state index contributed by atoms with van der Waals surface area (Å²) in [6.45, 7) is 2.37. The van der Waals surface area contributed by atoms with Gasteiger partial charge in [-0.3, -0.25) is 0 Å². The van der Waals surface area contributed by atoms with Gasteiger partial charge < -0.3 is 0 Å². The van der Waals surface area contributed by atoms with Crippen LogP contribution < -0.4 is 0 Å². The highest BCUT2D eigenvalue weighted by Crippen LogP contribution is 2.54. The van der Waals surface area contributed by atoms with Gasteiger partial charge in [-0.05, 0) is 56.7 Å². The van der Waals surface area contributed by atoms with Gasteiger partial charge in [-0.1, -0.05) is 138 Å². The Hall–Kier alpha value is -2.91. The number of rotatable bonds is 2. The zero-order valence-electron chi connectivity index (χ0n) is 17.9. The van der Waals surface area contributed by atoms with Gasteiger partial charge in [0.25, 0.3) is 0 Å². The molecule has 4 aromatic carbocycles. The molecule has 4 aromatic rings. The fraction of sp³-hybridized carbons (Fsp3) is 0.0968. The lowest BCUT2D eigenvalue weighted by atomic mass is 9.69. The van der Waals surface area contributed by atoms with Crippen molar-refractivity contribution in [1.29, 1.82) is 0 Å². The first-order valence-electron chi connectivity index (χ1n) is 11.1. The zero-order chi connectivity index (χ0) is 21.7. The highest BCUT2D eigenvalue weighted by Gasteiger charge is 2.41. The summed E-state index contributed by atoms with van der Waals surface area (Å²) in [6.07, 6.45) is 9.09. The number of fused-ring (bicyclic) bond motifs is 3. The monoisotopic (exact) mass is 522 g/mol. The van der Waals surface area contributed by atoms with Crippen LogP contribution in [0.3, 0.4) is 0 Å². The zero-order valence-corrected chi connectivity index (χ0v) is 20.1. The van der Waals surface area contributed by atoms with E-state index in [9.17, 15) is 0 Å². The third-order valence-electron chi connectivity index (χ3n) is 6.90. The SMILES string of the molecule is CC1(I)c2ccccc2C(c2ccc(-c3ccccc3)c3ccccc23)=C2C=CC=CC21. The van der Waals surface area contributed by atoms with E-state index in [1.165, 1.54) is 49.7 Å². The van der Waals surface area contributed by atoms with E-state index in [0.29, 0.717) is 5.92 Å². The number of halogens is 1. The molecule has 0 spiro atoms. The number of benzene rings is 4. The van der Waals surface area contributed by atoms with Crippen LogP contribution in [0.2, 0.25) is 0 Å². The Bertz CT molecular complexity index is 1430. The van der Waals surface area contributed by atoms with Gasteiger partial charge in [0.05, 0.1) is 3.42 Å². The Labute approximate surface area is 203 Å². The molecule has 32 heavy (non-hydrogen) atoms. The molecule has 0 aliphatic heterocycles.